The first-order valence-corrected chi connectivity index (χ1v) is 5.92. The first kappa shape index (κ1) is 10.9. The number of amides is 1. The molecule has 4 heteroatoms. The molecule has 2 rings (SSSR count). The molecule has 0 aromatic rings. The summed E-state index contributed by atoms with van der Waals surface area (Å²) < 4.78 is 5.47. The normalized spacial score (nSPS) is 22.5. The maximum Gasteiger partial charge on any atom is 0.248 e. The summed E-state index contributed by atoms with van der Waals surface area (Å²) in [5.74, 6) is 0.811. The fourth-order valence-electron chi connectivity index (χ4n) is 2.02. The summed E-state index contributed by atoms with van der Waals surface area (Å²) in [6, 6.07) is 0. The Morgan fingerprint density at radius 2 is 2.07 bits per heavy atom. The van der Waals surface area contributed by atoms with Gasteiger partial charge in [0.2, 0.25) is 5.91 Å². The second kappa shape index (κ2) is 5.47. The van der Waals surface area contributed by atoms with E-state index in [4.69, 9.17) is 4.74 Å². The van der Waals surface area contributed by atoms with E-state index < -0.39 is 0 Å². The molecule has 4 nitrogen and oxygen atoms in total. The fourth-order valence-corrected chi connectivity index (χ4v) is 2.02. The van der Waals surface area contributed by atoms with E-state index in [0.717, 1.165) is 39.2 Å². The van der Waals surface area contributed by atoms with Gasteiger partial charge in [0.05, 0.1) is 6.61 Å². The molecule has 2 fully saturated rings. The minimum atomic E-state index is 0.162. The Morgan fingerprint density at radius 3 is 2.67 bits per heavy atom. The van der Waals surface area contributed by atoms with Gasteiger partial charge >= 0.3 is 0 Å². The van der Waals surface area contributed by atoms with Crippen molar-refractivity contribution < 1.29 is 9.53 Å². The highest BCUT2D eigenvalue weighted by molar-refractivity contribution is 5.78. The van der Waals surface area contributed by atoms with Gasteiger partial charge in [-0.2, -0.15) is 0 Å². The topological polar surface area (TPSA) is 41.6 Å². The van der Waals surface area contributed by atoms with Crippen LogP contribution in [-0.2, 0) is 9.53 Å². The minimum absolute atomic E-state index is 0.162. The molecule has 2 aliphatic heterocycles. The highest BCUT2D eigenvalue weighted by atomic mass is 16.5. The molecule has 86 valence electrons. The summed E-state index contributed by atoms with van der Waals surface area (Å²) in [6.45, 7) is 5.07. The number of likely N-dealkylation sites (tertiary alicyclic amines) is 1. The van der Waals surface area contributed by atoms with Crippen molar-refractivity contribution in [1.29, 1.82) is 0 Å². The third kappa shape index (κ3) is 3.18. The fraction of sp³-hybridized carbons (Fsp3) is 0.909. The maximum absolute atomic E-state index is 11.5. The Balaban J connectivity index is 1.55. The van der Waals surface area contributed by atoms with Crippen molar-refractivity contribution in [3.8, 4) is 0 Å². The third-order valence-corrected chi connectivity index (χ3v) is 3.25. The largest absolute Gasteiger partial charge is 0.371 e. The van der Waals surface area contributed by atoms with Gasteiger partial charge in [0, 0.05) is 13.1 Å². The zero-order chi connectivity index (χ0) is 10.5. The van der Waals surface area contributed by atoms with Crippen LogP contribution in [-0.4, -0.2) is 50.2 Å². The average Bonchev–Trinajstić information content (AvgIpc) is 2.16. The van der Waals surface area contributed by atoms with Crippen LogP contribution in [0.2, 0.25) is 0 Å². The van der Waals surface area contributed by atoms with Crippen molar-refractivity contribution in [3.63, 3.8) is 0 Å². The predicted molar refractivity (Wildman–Crippen MR) is 57.6 cm³/mol. The van der Waals surface area contributed by atoms with E-state index >= 15 is 0 Å². The molecular formula is C11H20N2O2. The number of nitrogens with zero attached hydrogens (tertiary/aromatic N) is 1. The van der Waals surface area contributed by atoms with E-state index in [0.29, 0.717) is 5.92 Å². The number of rotatable bonds is 4. The van der Waals surface area contributed by atoms with Crippen LogP contribution >= 0.6 is 0 Å². The van der Waals surface area contributed by atoms with Crippen LogP contribution in [0, 0.1) is 5.92 Å². The number of hydrogen-bond donors (Lipinski definition) is 1. The lowest BCUT2D eigenvalue weighted by molar-refractivity contribution is -0.140. The van der Waals surface area contributed by atoms with Gasteiger partial charge < -0.3 is 15.0 Å². The van der Waals surface area contributed by atoms with E-state index in [2.05, 4.69) is 5.32 Å². The first-order valence-electron chi connectivity index (χ1n) is 5.92. The van der Waals surface area contributed by atoms with E-state index in [9.17, 15) is 4.79 Å². The smallest absolute Gasteiger partial charge is 0.248 e. The van der Waals surface area contributed by atoms with Crippen molar-refractivity contribution in [2.75, 3.05) is 39.4 Å². The van der Waals surface area contributed by atoms with E-state index in [-0.39, 0.29) is 12.5 Å². The standard InChI is InChI=1S/C11H20N2O2/c14-11(13-6-1-7-13)9-15-8-10-2-4-12-5-3-10/h10,12H,1-9H2. The van der Waals surface area contributed by atoms with Crippen molar-refractivity contribution >= 4 is 5.91 Å². The summed E-state index contributed by atoms with van der Waals surface area (Å²) in [7, 11) is 0. The monoisotopic (exact) mass is 212 g/mol. The van der Waals surface area contributed by atoms with Gasteiger partial charge in [0.1, 0.15) is 6.61 Å². The van der Waals surface area contributed by atoms with Crippen LogP contribution in [0.25, 0.3) is 0 Å². The summed E-state index contributed by atoms with van der Waals surface area (Å²) in [4.78, 5) is 13.3. The minimum Gasteiger partial charge on any atom is -0.371 e. The molecule has 2 aliphatic rings. The number of carbonyl (C=O) groups is 1. The van der Waals surface area contributed by atoms with Crippen molar-refractivity contribution in [2.24, 2.45) is 5.92 Å². The Labute approximate surface area is 91.0 Å². The molecule has 15 heavy (non-hydrogen) atoms. The Morgan fingerprint density at radius 1 is 1.33 bits per heavy atom. The molecule has 0 aliphatic carbocycles. The van der Waals surface area contributed by atoms with Crippen LogP contribution < -0.4 is 5.32 Å². The maximum atomic E-state index is 11.5. The molecule has 1 amide bonds. The lowest BCUT2D eigenvalue weighted by Gasteiger charge is -2.31. The van der Waals surface area contributed by atoms with Crippen molar-refractivity contribution in [1.82, 2.24) is 10.2 Å². The van der Waals surface area contributed by atoms with Crippen LogP contribution in [0.15, 0.2) is 0 Å². The molecule has 0 radical (unpaired) electrons. The number of ether oxygens (including phenoxy) is 1. The lowest BCUT2D eigenvalue weighted by Crippen LogP contribution is -2.44. The van der Waals surface area contributed by atoms with Gasteiger partial charge in [-0.25, -0.2) is 0 Å². The second-order valence-corrected chi connectivity index (χ2v) is 4.44. The molecule has 0 saturated carbocycles. The number of piperidine rings is 1. The molecule has 0 bridgehead atoms. The Hall–Kier alpha value is -0.610. The van der Waals surface area contributed by atoms with E-state index in [1.165, 1.54) is 12.8 Å². The van der Waals surface area contributed by atoms with Gasteiger partial charge in [0.25, 0.3) is 0 Å². The van der Waals surface area contributed by atoms with Crippen LogP contribution in [0.5, 0.6) is 0 Å². The quantitative estimate of drug-likeness (QED) is 0.725. The SMILES string of the molecule is O=C(COCC1CCNCC1)N1CCC1. The van der Waals surface area contributed by atoms with E-state index in [1.54, 1.807) is 0 Å². The molecule has 0 aromatic carbocycles. The highest BCUT2D eigenvalue weighted by Gasteiger charge is 2.20. The first-order chi connectivity index (χ1) is 7.36. The molecule has 2 saturated heterocycles. The summed E-state index contributed by atoms with van der Waals surface area (Å²) in [5, 5.41) is 3.32. The highest BCUT2D eigenvalue weighted by Crippen LogP contribution is 2.12. The number of carbonyl (C=O) groups excluding carboxylic acids is 1. The Bertz CT molecular complexity index is 211. The summed E-state index contributed by atoms with van der Waals surface area (Å²) in [5.41, 5.74) is 0. The zero-order valence-corrected chi connectivity index (χ0v) is 9.21. The molecule has 1 N–H and O–H groups in total. The third-order valence-electron chi connectivity index (χ3n) is 3.25. The van der Waals surface area contributed by atoms with Crippen molar-refractivity contribution in [3.05, 3.63) is 0 Å². The van der Waals surface area contributed by atoms with Gasteiger partial charge in [-0.15, -0.1) is 0 Å². The molecule has 0 atom stereocenters. The molecule has 0 spiro atoms. The summed E-state index contributed by atoms with van der Waals surface area (Å²) in [6.07, 6.45) is 3.51. The Kier molecular flexibility index (Phi) is 3.97. The molecule has 2 heterocycles. The number of nitrogens with one attached hydrogen (secondary N) is 1. The second-order valence-electron chi connectivity index (χ2n) is 4.44. The van der Waals surface area contributed by atoms with Crippen LogP contribution in [0.3, 0.4) is 0 Å². The molecule has 0 aromatic heterocycles. The average molecular weight is 212 g/mol. The molecule has 0 unspecified atom stereocenters. The number of hydrogen-bond acceptors (Lipinski definition) is 3. The van der Waals surface area contributed by atoms with Crippen molar-refractivity contribution in [2.45, 2.75) is 19.3 Å². The van der Waals surface area contributed by atoms with E-state index in [1.807, 2.05) is 4.90 Å². The molecular weight excluding hydrogens is 192 g/mol. The van der Waals surface area contributed by atoms with Crippen LogP contribution in [0.1, 0.15) is 19.3 Å². The zero-order valence-electron chi connectivity index (χ0n) is 9.21. The van der Waals surface area contributed by atoms with Gasteiger partial charge in [0.15, 0.2) is 0 Å². The van der Waals surface area contributed by atoms with Gasteiger partial charge in [-0.05, 0) is 38.3 Å². The predicted octanol–water partition coefficient (Wildman–Crippen LogP) is 0.235. The van der Waals surface area contributed by atoms with Crippen LogP contribution in [0.4, 0.5) is 0 Å². The van der Waals surface area contributed by atoms with Gasteiger partial charge in [-0.3, -0.25) is 4.79 Å². The lowest BCUT2D eigenvalue weighted by atomic mass is 9.99. The summed E-state index contributed by atoms with van der Waals surface area (Å²) >= 11 is 0. The van der Waals surface area contributed by atoms with Gasteiger partial charge in [-0.1, -0.05) is 0 Å².